The van der Waals surface area contributed by atoms with Gasteiger partial charge >= 0.3 is 0 Å². The summed E-state index contributed by atoms with van der Waals surface area (Å²) in [5, 5.41) is 5.68. The molecule has 4 aliphatic heterocycles. The van der Waals surface area contributed by atoms with Crippen LogP contribution in [0.5, 0.6) is 0 Å². The normalized spacial score (nSPS) is 31.1. The molecule has 4 heterocycles. The van der Waals surface area contributed by atoms with Gasteiger partial charge in [0.2, 0.25) is 17.6 Å². The van der Waals surface area contributed by atoms with E-state index in [1.807, 2.05) is 4.90 Å². The molecule has 2 bridgehead atoms. The van der Waals surface area contributed by atoms with Crippen LogP contribution in [0, 0.1) is 5.82 Å². The van der Waals surface area contributed by atoms with E-state index in [0.717, 1.165) is 18.5 Å². The van der Waals surface area contributed by atoms with Crippen molar-refractivity contribution in [3.05, 3.63) is 29.1 Å². The molecule has 1 aromatic carbocycles. The van der Waals surface area contributed by atoms with E-state index in [0.29, 0.717) is 17.8 Å². The van der Waals surface area contributed by atoms with Crippen molar-refractivity contribution in [3.63, 3.8) is 0 Å². The first-order chi connectivity index (χ1) is 14.0. The van der Waals surface area contributed by atoms with E-state index in [1.165, 1.54) is 6.07 Å². The number of nitrogens with one attached hydrogen (secondary N) is 2. The first-order valence-corrected chi connectivity index (χ1v) is 9.87. The minimum Gasteiger partial charge on any atom is -0.363 e. The predicted octanol–water partition coefficient (Wildman–Crippen LogP) is -0.194. The number of piperazine rings is 1. The quantitative estimate of drug-likeness (QED) is 0.411. The summed E-state index contributed by atoms with van der Waals surface area (Å²) < 4.78 is 15.1. The van der Waals surface area contributed by atoms with Crippen LogP contribution in [-0.4, -0.2) is 60.0 Å². The van der Waals surface area contributed by atoms with Crippen molar-refractivity contribution in [2.45, 2.75) is 50.0 Å². The van der Waals surface area contributed by atoms with E-state index < -0.39 is 29.6 Å². The third-order valence-electron chi connectivity index (χ3n) is 6.56. The number of fused-ring (bicyclic) bond motifs is 3. The van der Waals surface area contributed by atoms with Crippen molar-refractivity contribution in [1.29, 1.82) is 0 Å². The fraction of sp³-hybridized carbons (Fsp3) is 0.500. The number of hydrogen-bond donors (Lipinski definition) is 2. The van der Waals surface area contributed by atoms with Crippen LogP contribution in [0.25, 0.3) is 0 Å². The van der Waals surface area contributed by atoms with Crippen LogP contribution in [0.3, 0.4) is 0 Å². The average Bonchev–Trinajstić information content (AvgIpc) is 3.41. The van der Waals surface area contributed by atoms with E-state index in [-0.39, 0.29) is 43.7 Å². The number of halogens is 1. The topological polar surface area (TPSA) is 98.8 Å². The molecule has 9 heteroatoms. The van der Waals surface area contributed by atoms with Crippen LogP contribution >= 0.6 is 0 Å². The highest BCUT2D eigenvalue weighted by atomic mass is 19.1. The molecule has 0 radical (unpaired) electrons. The number of piperidine rings is 1. The van der Waals surface area contributed by atoms with E-state index in [2.05, 4.69) is 10.6 Å². The number of amides is 2. The minimum absolute atomic E-state index is 0.137. The molecule has 3 fully saturated rings. The van der Waals surface area contributed by atoms with Gasteiger partial charge in [0.05, 0.1) is 11.7 Å². The van der Waals surface area contributed by atoms with E-state index in [4.69, 9.17) is 0 Å². The number of carbonyl (C=O) groups excluding carboxylic acids is 4. The smallest absolute Gasteiger partial charge is 0.243 e. The molecule has 2 amide bonds. The molecule has 1 aromatic rings. The van der Waals surface area contributed by atoms with Crippen LogP contribution in [0.4, 0.5) is 10.1 Å². The maximum Gasteiger partial charge on any atom is 0.243 e. The maximum absolute atomic E-state index is 15.1. The van der Waals surface area contributed by atoms with Gasteiger partial charge in [-0.2, -0.15) is 0 Å². The van der Waals surface area contributed by atoms with Gasteiger partial charge in [0.15, 0.2) is 6.29 Å². The van der Waals surface area contributed by atoms with Crippen molar-refractivity contribution in [2.75, 3.05) is 18.0 Å². The second-order valence-electron chi connectivity index (χ2n) is 8.18. The molecule has 2 N–H and O–H groups in total. The van der Waals surface area contributed by atoms with Gasteiger partial charge in [0, 0.05) is 43.7 Å². The number of imide groups is 1. The Morgan fingerprint density at radius 1 is 1.28 bits per heavy atom. The molecule has 0 aromatic heterocycles. The Hall–Kier alpha value is -2.65. The van der Waals surface area contributed by atoms with Gasteiger partial charge in [0.1, 0.15) is 11.9 Å². The number of benzene rings is 1. The van der Waals surface area contributed by atoms with E-state index in [9.17, 15) is 19.2 Å². The summed E-state index contributed by atoms with van der Waals surface area (Å²) in [6.07, 6.45) is 1.57. The zero-order chi connectivity index (χ0) is 20.3. The molecular weight excluding hydrogens is 379 g/mol. The first kappa shape index (κ1) is 18.4. The summed E-state index contributed by atoms with van der Waals surface area (Å²) in [6.45, 7) is 1.63. The number of nitrogens with zero attached hydrogens (tertiary/aromatic N) is 2. The molecule has 8 nitrogen and oxygen atoms in total. The molecule has 0 saturated carbocycles. The molecule has 0 spiro atoms. The summed E-state index contributed by atoms with van der Waals surface area (Å²) in [7, 11) is 0. The molecule has 4 unspecified atom stereocenters. The zero-order valence-electron chi connectivity index (χ0n) is 15.7. The van der Waals surface area contributed by atoms with Crippen molar-refractivity contribution >= 4 is 29.6 Å². The molecule has 152 valence electrons. The van der Waals surface area contributed by atoms with Crippen molar-refractivity contribution in [1.82, 2.24) is 15.5 Å². The second-order valence-corrected chi connectivity index (χ2v) is 8.18. The maximum atomic E-state index is 15.1. The molecule has 5 rings (SSSR count). The lowest BCUT2D eigenvalue weighted by atomic mass is 9.96. The summed E-state index contributed by atoms with van der Waals surface area (Å²) in [4.78, 5) is 51.7. The lowest BCUT2D eigenvalue weighted by molar-refractivity contribution is -0.141. The molecule has 29 heavy (non-hydrogen) atoms. The number of rotatable bonds is 4. The van der Waals surface area contributed by atoms with Gasteiger partial charge in [-0.15, -0.1) is 0 Å². The molecular formula is C20H21FN4O4. The van der Waals surface area contributed by atoms with E-state index in [1.54, 1.807) is 11.0 Å². The SMILES string of the molecule is O=CC(=O)C1c2c(ccc(F)c2N2CC3CC2CN3)CN1C1CCC(=O)NC1=O. The first-order valence-electron chi connectivity index (χ1n) is 9.87. The summed E-state index contributed by atoms with van der Waals surface area (Å²) in [5.74, 6) is -1.97. The Labute approximate surface area is 166 Å². The number of hydrogen-bond acceptors (Lipinski definition) is 7. The standard InChI is InChI=1S/C20H21FN4O4/c21-13-2-1-10-7-25(14-3-4-16(28)23-20(14)29)19(15(27)9-26)17(10)18(13)24-8-11-5-12(24)6-22-11/h1-2,9,11-12,14,19,22H,3-8H2,(H,23,28,29). The summed E-state index contributed by atoms with van der Waals surface area (Å²) in [6, 6.07) is 1.69. The number of Topliss-reactive ketones (excluding diaryl/α,β-unsaturated/α-hetero) is 1. The van der Waals surface area contributed by atoms with Gasteiger partial charge in [0.25, 0.3) is 0 Å². The van der Waals surface area contributed by atoms with Crippen LogP contribution in [0.15, 0.2) is 12.1 Å². The third-order valence-corrected chi connectivity index (χ3v) is 6.56. The highest BCUT2D eigenvalue weighted by Crippen LogP contribution is 2.45. The van der Waals surface area contributed by atoms with Gasteiger partial charge < -0.3 is 10.2 Å². The fourth-order valence-electron chi connectivity index (χ4n) is 5.31. The lowest BCUT2D eigenvalue weighted by Gasteiger charge is -2.35. The number of aldehydes is 1. The predicted molar refractivity (Wildman–Crippen MR) is 99.5 cm³/mol. The fourth-order valence-corrected chi connectivity index (χ4v) is 5.31. The molecule has 4 atom stereocenters. The van der Waals surface area contributed by atoms with Gasteiger partial charge in [-0.25, -0.2) is 4.39 Å². The Balaban J connectivity index is 1.58. The van der Waals surface area contributed by atoms with Crippen molar-refractivity contribution < 1.29 is 23.6 Å². The van der Waals surface area contributed by atoms with Crippen LogP contribution in [0.2, 0.25) is 0 Å². The minimum atomic E-state index is -1.02. The summed E-state index contributed by atoms with van der Waals surface area (Å²) >= 11 is 0. The largest absolute Gasteiger partial charge is 0.363 e. The number of carbonyl (C=O) groups is 4. The zero-order valence-corrected chi connectivity index (χ0v) is 15.7. The summed E-state index contributed by atoms with van der Waals surface area (Å²) in [5.41, 5.74) is 1.59. The second kappa shape index (κ2) is 6.70. The van der Waals surface area contributed by atoms with Crippen molar-refractivity contribution in [3.8, 4) is 0 Å². The monoisotopic (exact) mass is 400 g/mol. The Morgan fingerprint density at radius 3 is 2.76 bits per heavy atom. The van der Waals surface area contributed by atoms with Crippen molar-refractivity contribution in [2.24, 2.45) is 0 Å². The molecule has 0 aliphatic carbocycles. The average molecular weight is 400 g/mol. The van der Waals surface area contributed by atoms with Gasteiger partial charge in [-0.05, 0) is 24.5 Å². The molecule has 4 aliphatic rings. The van der Waals surface area contributed by atoms with Gasteiger partial charge in [-0.1, -0.05) is 6.07 Å². The Bertz CT molecular complexity index is 935. The highest BCUT2D eigenvalue weighted by molar-refractivity contribution is 6.28. The van der Waals surface area contributed by atoms with Gasteiger partial charge in [-0.3, -0.25) is 29.4 Å². The van der Waals surface area contributed by atoms with E-state index >= 15 is 4.39 Å². The van der Waals surface area contributed by atoms with Crippen LogP contribution < -0.4 is 15.5 Å². The highest BCUT2D eigenvalue weighted by Gasteiger charge is 2.47. The number of anilines is 1. The van der Waals surface area contributed by atoms with Crippen LogP contribution in [0.1, 0.15) is 36.4 Å². The lowest BCUT2D eigenvalue weighted by Crippen LogP contribution is -2.53. The number of ketones is 1. The Morgan fingerprint density at radius 2 is 2.10 bits per heavy atom. The third kappa shape index (κ3) is 2.79. The molecule has 3 saturated heterocycles. The Kier molecular flexibility index (Phi) is 4.25. The van der Waals surface area contributed by atoms with Crippen LogP contribution in [-0.2, 0) is 25.7 Å².